The van der Waals surface area contributed by atoms with Gasteiger partial charge in [-0.3, -0.25) is 0 Å². The van der Waals surface area contributed by atoms with E-state index >= 15 is 0 Å². The third-order valence-corrected chi connectivity index (χ3v) is 2.79. The van der Waals surface area contributed by atoms with E-state index in [1.807, 2.05) is 12.1 Å². The van der Waals surface area contributed by atoms with Crippen LogP contribution in [0.25, 0.3) is 10.8 Å². The van der Waals surface area contributed by atoms with Crippen LogP contribution in [0.5, 0.6) is 0 Å². The number of hydrogen-bond donors (Lipinski definition) is 2. The molecule has 0 radical (unpaired) electrons. The number of rotatable bonds is 3. The second-order valence-electron chi connectivity index (χ2n) is 4.03. The van der Waals surface area contributed by atoms with Crippen LogP contribution in [0.4, 0.5) is 11.6 Å². The Labute approximate surface area is 104 Å². The van der Waals surface area contributed by atoms with E-state index in [-0.39, 0.29) is 5.82 Å². The van der Waals surface area contributed by atoms with Gasteiger partial charge in [-0.25, -0.2) is 4.63 Å². The van der Waals surface area contributed by atoms with E-state index in [2.05, 4.69) is 50.6 Å². The highest BCUT2D eigenvalue weighted by atomic mass is 16.6. The number of nitrogens with one attached hydrogen (secondary N) is 1. The van der Waals surface area contributed by atoms with E-state index in [4.69, 9.17) is 5.73 Å². The third-order valence-electron chi connectivity index (χ3n) is 2.79. The van der Waals surface area contributed by atoms with Crippen molar-refractivity contribution in [3.8, 4) is 0 Å². The highest BCUT2D eigenvalue weighted by Gasteiger charge is 2.04. The largest absolute Gasteiger partial charge is 0.378 e. The number of nitrogens with zero attached hydrogens (tertiary/aromatic N) is 2. The minimum absolute atomic E-state index is 0.274. The van der Waals surface area contributed by atoms with Crippen LogP contribution in [0.1, 0.15) is 5.56 Å². The molecule has 3 N–H and O–H groups in total. The zero-order valence-electron chi connectivity index (χ0n) is 9.63. The number of benzene rings is 2. The Bertz CT molecular complexity index is 677. The molecule has 0 unspecified atom stereocenters. The summed E-state index contributed by atoms with van der Waals surface area (Å²) in [5.74, 6) is 0.749. The lowest BCUT2D eigenvalue weighted by Gasteiger charge is -2.04. The molecule has 0 aliphatic heterocycles. The first-order valence-corrected chi connectivity index (χ1v) is 5.62. The predicted molar refractivity (Wildman–Crippen MR) is 70.0 cm³/mol. The Balaban J connectivity index is 1.81. The summed E-state index contributed by atoms with van der Waals surface area (Å²) in [6.07, 6.45) is 0. The van der Waals surface area contributed by atoms with Crippen molar-refractivity contribution in [3.63, 3.8) is 0 Å². The van der Waals surface area contributed by atoms with Gasteiger partial charge >= 0.3 is 0 Å². The first kappa shape index (κ1) is 10.6. The van der Waals surface area contributed by atoms with Crippen molar-refractivity contribution in [1.29, 1.82) is 0 Å². The number of nitrogen functional groups attached to an aromatic ring is 1. The number of nitrogens with two attached hydrogens (primary N) is 1. The zero-order valence-corrected chi connectivity index (χ0v) is 9.63. The molecule has 0 atom stereocenters. The van der Waals surface area contributed by atoms with Gasteiger partial charge < -0.3 is 11.1 Å². The lowest BCUT2D eigenvalue weighted by Crippen LogP contribution is -2.02. The summed E-state index contributed by atoms with van der Waals surface area (Å²) in [6, 6.07) is 14.5. The minimum Gasteiger partial charge on any atom is -0.378 e. The van der Waals surface area contributed by atoms with Crippen molar-refractivity contribution in [3.05, 3.63) is 48.0 Å². The first-order valence-electron chi connectivity index (χ1n) is 5.62. The van der Waals surface area contributed by atoms with Gasteiger partial charge in [0.15, 0.2) is 0 Å². The standard InChI is InChI=1S/C13H12N4O/c14-12-13(17-18-16-12)15-8-9-5-6-10-3-1-2-4-11(10)7-9/h1-7H,8H2,(H2,14,16)(H,15,17). The second kappa shape index (κ2) is 4.37. The molecule has 3 aromatic rings. The minimum atomic E-state index is 0.274. The molecule has 18 heavy (non-hydrogen) atoms. The van der Waals surface area contributed by atoms with Crippen LogP contribution in [-0.4, -0.2) is 10.3 Å². The number of fused-ring (bicyclic) bond motifs is 1. The molecule has 0 aliphatic rings. The van der Waals surface area contributed by atoms with E-state index in [0.29, 0.717) is 12.4 Å². The Morgan fingerprint density at radius 3 is 2.67 bits per heavy atom. The van der Waals surface area contributed by atoms with Gasteiger partial charge in [-0.15, -0.1) is 0 Å². The van der Waals surface area contributed by atoms with E-state index < -0.39 is 0 Å². The van der Waals surface area contributed by atoms with Crippen LogP contribution < -0.4 is 11.1 Å². The van der Waals surface area contributed by atoms with Crippen LogP contribution in [0, 0.1) is 0 Å². The van der Waals surface area contributed by atoms with E-state index in [0.717, 1.165) is 5.56 Å². The summed E-state index contributed by atoms with van der Waals surface area (Å²) in [4.78, 5) is 0. The monoisotopic (exact) mass is 240 g/mol. The summed E-state index contributed by atoms with van der Waals surface area (Å²) in [7, 11) is 0. The van der Waals surface area contributed by atoms with Crippen molar-refractivity contribution >= 4 is 22.4 Å². The Kier molecular flexibility index (Phi) is 2.57. The fourth-order valence-electron chi connectivity index (χ4n) is 1.85. The predicted octanol–water partition coefficient (Wildman–Crippen LogP) is 2.42. The summed E-state index contributed by atoms with van der Waals surface area (Å²) >= 11 is 0. The van der Waals surface area contributed by atoms with Gasteiger partial charge in [0.1, 0.15) is 0 Å². The first-order chi connectivity index (χ1) is 8.83. The molecule has 5 nitrogen and oxygen atoms in total. The normalized spacial score (nSPS) is 10.7. The molecule has 0 fully saturated rings. The molecule has 0 bridgehead atoms. The maximum atomic E-state index is 5.57. The van der Waals surface area contributed by atoms with E-state index in [9.17, 15) is 0 Å². The quantitative estimate of drug-likeness (QED) is 0.735. The smallest absolute Gasteiger partial charge is 0.215 e. The molecule has 0 aliphatic carbocycles. The average molecular weight is 240 g/mol. The van der Waals surface area contributed by atoms with Gasteiger partial charge in [-0.2, -0.15) is 0 Å². The van der Waals surface area contributed by atoms with Crippen LogP contribution in [0.15, 0.2) is 47.1 Å². The van der Waals surface area contributed by atoms with Crippen molar-refractivity contribution in [2.45, 2.75) is 6.54 Å². The van der Waals surface area contributed by atoms with Gasteiger partial charge in [0.25, 0.3) is 0 Å². The Morgan fingerprint density at radius 1 is 1.06 bits per heavy atom. The van der Waals surface area contributed by atoms with Crippen molar-refractivity contribution in [2.24, 2.45) is 0 Å². The third kappa shape index (κ3) is 1.98. The Morgan fingerprint density at radius 2 is 1.89 bits per heavy atom. The van der Waals surface area contributed by atoms with E-state index in [1.54, 1.807) is 0 Å². The molecule has 1 aromatic heterocycles. The lowest BCUT2D eigenvalue weighted by atomic mass is 10.1. The molecule has 5 heteroatoms. The summed E-state index contributed by atoms with van der Waals surface area (Å²) in [5.41, 5.74) is 6.71. The van der Waals surface area contributed by atoms with Gasteiger partial charge in [0.05, 0.1) is 0 Å². The number of aromatic nitrogens is 2. The molecule has 1 heterocycles. The average Bonchev–Trinajstić information content (AvgIpc) is 2.82. The molecule has 0 spiro atoms. The fraction of sp³-hybridized carbons (Fsp3) is 0.0769. The maximum Gasteiger partial charge on any atom is 0.215 e. The Hall–Kier alpha value is -2.56. The van der Waals surface area contributed by atoms with Crippen LogP contribution in [0.3, 0.4) is 0 Å². The molecular formula is C13H12N4O. The van der Waals surface area contributed by atoms with Crippen molar-refractivity contribution in [2.75, 3.05) is 11.1 Å². The number of hydrogen-bond acceptors (Lipinski definition) is 5. The second-order valence-corrected chi connectivity index (χ2v) is 4.03. The van der Waals surface area contributed by atoms with Gasteiger partial charge in [-0.05, 0) is 32.7 Å². The molecular weight excluding hydrogens is 228 g/mol. The van der Waals surface area contributed by atoms with Crippen LogP contribution in [0.2, 0.25) is 0 Å². The molecule has 0 saturated carbocycles. The van der Waals surface area contributed by atoms with Crippen molar-refractivity contribution < 1.29 is 4.63 Å². The van der Waals surface area contributed by atoms with E-state index in [1.165, 1.54) is 10.8 Å². The van der Waals surface area contributed by atoms with Gasteiger partial charge in [-0.1, -0.05) is 36.4 Å². The summed E-state index contributed by atoms with van der Waals surface area (Å²) in [6.45, 7) is 0.628. The fourth-order valence-corrected chi connectivity index (χ4v) is 1.85. The highest BCUT2D eigenvalue weighted by molar-refractivity contribution is 5.83. The summed E-state index contributed by atoms with van der Waals surface area (Å²) in [5, 5.41) is 12.7. The lowest BCUT2D eigenvalue weighted by molar-refractivity contribution is 0.310. The SMILES string of the molecule is Nc1nonc1NCc1ccc2ccccc2c1. The van der Waals surface area contributed by atoms with Gasteiger partial charge in [0, 0.05) is 6.54 Å². The molecule has 90 valence electrons. The molecule has 3 rings (SSSR count). The summed E-state index contributed by atoms with van der Waals surface area (Å²) < 4.78 is 4.52. The van der Waals surface area contributed by atoms with Crippen LogP contribution in [-0.2, 0) is 6.54 Å². The molecule has 2 aromatic carbocycles. The zero-order chi connectivity index (χ0) is 12.4. The highest BCUT2D eigenvalue weighted by Crippen LogP contribution is 2.17. The molecule has 0 amide bonds. The number of anilines is 2. The molecule has 0 saturated heterocycles. The van der Waals surface area contributed by atoms with Gasteiger partial charge in [0.2, 0.25) is 11.6 Å². The maximum absolute atomic E-state index is 5.57. The topological polar surface area (TPSA) is 77.0 Å². The van der Waals surface area contributed by atoms with Crippen LogP contribution >= 0.6 is 0 Å². The van der Waals surface area contributed by atoms with Crippen molar-refractivity contribution in [1.82, 2.24) is 10.3 Å².